The van der Waals surface area contributed by atoms with Gasteiger partial charge >= 0.3 is 5.97 Å². The Hall–Kier alpha value is -2.82. The lowest BCUT2D eigenvalue weighted by molar-refractivity contribution is -0.132. The normalized spacial score (nSPS) is 21.1. The number of rotatable bonds is 8. The minimum atomic E-state index is -1.16. The molecule has 2 atom stereocenters. The van der Waals surface area contributed by atoms with Crippen LogP contribution < -0.4 is 11.1 Å². The lowest BCUT2D eigenvalue weighted by Gasteiger charge is -2.30. The number of benzene rings is 1. The number of carbonyl (C=O) groups is 1. The first kappa shape index (κ1) is 19.5. The first-order chi connectivity index (χ1) is 12.6. The lowest BCUT2D eigenvalue weighted by atomic mass is 9.78. The molecule has 0 bridgehead atoms. The SMILES string of the molecule is C=C/C(C(=C)NC[C@H]1CCC[C@@H](c2ccccc2)C1)=C(/N=CN)C(=O)O. The molecule has 0 saturated heterocycles. The zero-order valence-corrected chi connectivity index (χ0v) is 15.0. The third-order valence-corrected chi connectivity index (χ3v) is 4.85. The molecule has 1 fully saturated rings. The van der Waals surface area contributed by atoms with E-state index < -0.39 is 5.97 Å². The molecule has 0 amide bonds. The first-order valence-electron chi connectivity index (χ1n) is 8.89. The summed E-state index contributed by atoms with van der Waals surface area (Å²) in [6.07, 6.45) is 7.09. The van der Waals surface area contributed by atoms with Crippen molar-refractivity contribution in [2.45, 2.75) is 31.6 Å². The number of hydrogen-bond donors (Lipinski definition) is 3. The highest BCUT2D eigenvalue weighted by molar-refractivity contribution is 5.90. The number of allylic oxidation sites excluding steroid dienone is 1. The van der Waals surface area contributed by atoms with Gasteiger partial charge in [-0.25, -0.2) is 9.79 Å². The van der Waals surface area contributed by atoms with Gasteiger partial charge in [-0.1, -0.05) is 56.0 Å². The molecule has 5 heteroatoms. The highest BCUT2D eigenvalue weighted by Crippen LogP contribution is 2.36. The molecule has 1 aromatic carbocycles. The molecular weight excluding hydrogens is 326 g/mol. The highest BCUT2D eigenvalue weighted by Gasteiger charge is 2.23. The summed E-state index contributed by atoms with van der Waals surface area (Å²) >= 11 is 0. The quantitative estimate of drug-likeness (QED) is 0.288. The van der Waals surface area contributed by atoms with Crippen LogP contribution in [0.15, 0.2) is 71.5 Å². The summed E-state index contributed by atoms with van der Waals surface area (Å²) in [7, 11) is 0. The maximum absolute atomic E-state index is 11.4. The summed E-state index contributed by atoms with van der Waals surface area (Å²) in [5.41, 5.74) is 7.34. The van der Waals surface area contributed by atoms with E-state index in [2.05, 4.69) is 47.7 Å². The van der Waals surface area contributed by atoms with Gasteiger partial charge in [0, 0.05) is 17.8 Å². The molecule has 0 spiro atoms. The molecule has 2 rings (SSSR count). The monoisotopic (exact) mass is 353 g/mol. The van der Waals surface area contributed by atoms with Crippen molar-refractivity contribution >= 4 is 12.3 Å². The Labute approximate surface area is 155 Å². The Morgan fingerprint density at radius 2 is 2.08 bits per heavy atom. The minimum Gasteiger partial charge on any atom is -0.476 e. The second-order valence-electron chi connectivity index (χ2n) is 6.55. The van der Waals surface area contributed by atoms with Crippen LogP contribution in [-0.4, -0.2) is 24.0 Å². The van der Waals surface area contributed by atoms with E-state index in [-0.39, 0.29) is 5.70 Å². The van der Waals surface area contributed by atoms with E-state index in [1.807, 2.05) is 6.07 Å². The molecule has 0 aromatic heterocycles. The average molecular weight is 353 g/mol. The Morgan fingerprint density at radius 1 is 1.35 bits per heavy atom. The van der Waals surface area contributed by atoms with Crippen LogP contribution in [0.3, 0.4) is 0 Å². The summed E-state index contributed by atoms with van der Waals surface area (Å²) in [5.74, 6) is -0.0646. The van der Waals surface area contributed by atoms with E-state index in [0.717, 1.165) is 25.7 Å². The van der Waals surface area contributed by atoms with Crippen LogP contribution in [0, 0.1) is 5.92 Å². The predicted molar refractivity (Wildman–Crippen MR) is 106 cm³/mol. The summed E-state index contributed by atoms with van der Waals surface area (Å²) in [4.78, 5) is 15.1. The van der Waals surface area contributed by atoms with Crippen LogP contribution >= 0.6 is 0 Å². The smallest absolute Gasteiger partial charge is 0.355 e. The Balaban J connectivity index is 2.00. The van der Waals surface area contributed by atoms with Crippen LogP contribution in [-0.2, 0) is 4.79 Å². The highest BCUT2D eigenvalue weighted by atomic mass is 16.4. The van der Waals surface area contributed by atoms with Crippen LogP contribution in [0.5, 0.6) is 0 Å². The molecule has 26 heavy (non-hydrogen) atoms. The van der Waals surface area contributed by atoms with E-state index in [1.165, 1.54) is 24.5 Å². The van der Waals surface area contributed by atoms with Crippen LogP contribution in [0.2, 0.25) is 0 Å². The van der Waals surface area contributed by atoms with E-state index >= 15 is 0 Å². The van der Waals surface area contributed by atoms with E-state index in [0.29, 0.717) is 23.1 Å². The van der Waals surface area contributed by atoms with Crippen molar-refractivity contribution in [2.24, 2.45) is 16.6 Å². The summed E-state index contributed by atoms with van der Waals surface area (Å²) in [6, 6.07) is 10.6. The van der Waals surface area contributed by atoms with E-state index in [1.54, 1.807) is 0 Å². The third-order valence-electron chi connectivity index (χ3n) is 4.85. The molecule has 138 valence electrons. The van der Waals surface area contributed by atoms with Gasteiger partial charge in [0.1, 0.15) is 0 Å². The maximum Gasteiger partial charge on any atom is 0.355 e. The van der Waals surface area contributed by atoms with Gasteiger partial charge in [-0.2, -0.15) is 0 Å². The standard InChI is InChI=1S/C21H27N3O2/c1-3-19(20(21(25)26)24-14-22)15(2)23-13-16-8-7-11-18(12-16)17-9-5-4-6-10-17/h3-6,9-10,14,16,18,23H,1-2,7-8,11-13H2,(H2,22,24)(H,25,26)/b20-19-/t16-,18+/m0/s1. The second kappa shape index (κ2) is 9.61. The van der Waals surface area contributed by atoms with Crippen LogP contribution in [0.4, 0.5) is 0 Å². The average Bonchev–Trinajstić information content (AvgIpc) is 2.67. The molecular formula is C21H27N3O2. The lowest BCUT2D eigenvalue weighted by Crippen LogP contribution is -2.27. The molecule has 1 saturated carbocycles. The molecule has 5 nitrogen and oxygen atoms in total. The maximum atomic E-state index is 11.4. The van der Waals surface area contributed by atoms with Gasteiger partial charge in [0.05, 0.1) is 6.34 Å². The molecule has 1 aliphatic carbocycles. The number of aliphatic carboxylic acids is 1. The fourth-order valence-corrected chi connectivity index (χ4v) is 3.54. The van der Waals surface area contributed by atoms with Gasteiger partial charge in [0.15, 0.2) is 5.70 Å². The van der Waals surface area contributed by atoms with Gasteiger partial charge in [-0.05, 0) is 36.7 Å². The summed E-state index contributed by atoms with van der Waals surface area (Å²) in [5, 5.41) is 12.6. The third kappa shape index (κ3) is 5.09. The van der Waals surface area contributed by atoms with Crippen LogP contribution in [0.1, 0.15) is 37.2 Å². The van der Waals surface area contributed by atoms with Crippen molar-refractivity contribution in [1.82, 2.24) is 5.32 Å². The number of carboxylic acid groups (broad SMARTS) is 1. The first-order valence-corrected chi connectivity index (χ1v) is 8.89. The number of nitrogens with zero attached hydrogens (tertiary/aromatic N) is 1. The fraction of sp³-hybridized carbons (Fsp3) is 0.333. The van der Waals surface area contributed by atoms with Gasteiger partial charge in [0.25, 0.3) is 0 Å². The molecule has 1 aromatic rings. The summed E-state index contributed by atoms with van der Waals surface area (Å²) in [6.45, 7) is 8.38. The molecule has 0 heterocycles. The Bertz CT molecular complexity index is 707. The zero-order chi connectivity index (χ0) is 18.9. The number of hydrogen-bond acceptors (Lipinski definition) is 3. The van der Waals surface area contributed by atoms with Crippen molar-refractivity contribution < 1.29 is 9.90 Å². The largest absolute Gasteiger partial charge is 0.476 e. The minimum absolute atomic E-state index is 0.161. The number of carboxylic acids is 1. The van der Waals surface area contributed by atoms with Crippen LogP contribution in [0.25, 0.3) is 0 Å². The number of nitrogens with one attached hydrogen (secondary N) is 1. The predicted octanol–water partition coefficient (Wildman–Crippen LogP) is 3.58. The van der Waals surface area contributed by atoms with Gasteiger partial charge in [-0.3, -0.25) is 0 Å². The number of aliphatic imine (C=N–C) groups is 1. The van der Waals surface area contributed by atoms with Crippen molar-refractivity contribution in [3.05, 3.63) is 72.1 Å². The Morgan fingerprint density at radius 3 is 2.69 bits per heavy atom. The Kier molecular flexibility index (Phi) is 7.21. The molecule has 0 unspecified atom stereocenters. The molecule has 1 aliphatic rings. The van der Waals surface area contributed by atoms with Gasteiger partial charge < -0.3 is 16.2 Å². The van der Waals surface area contributed by atoms with Crippen molar-refractivity contribution in [3.63, 3.8) is 0 Å². The van der Waals surface area contributed by atoms with E-state index in [4.69, 9.17) is 5.73 Å². The fourth-order valence-electron chi connectivity index (χ4n) is 3.54. The van der Waals surface area contributed by atoms with E-state index in [9.17, 15) is 9.90 Å². The zero-order valence-electron chi connectivity index (χ0n) is 15.0. The summed E-state index contributed by atoms with van der Waals surface area (Å²) < 4.78 is 0. The topological polar surface area (TPSA) is 87.7 Å². The number of nitrogens with two attached hydrogens (primary N) is 1. The van der Waals surface area contributed by atoms with Crippen molar-refractivity contribution in [3.8, 4) is 0 Å². The molecule has 0 radical (unpaired) electrons. The second-order valence-corrected chi connectivity index (χ2v) is 6.55. The molecule has 0 aliphatic heterocycles. The molecule has 4 N–H and O–H groups in total. The van der Waals surface area contributed by atoms with Gasteiger partial charge in [0.2, 0.25) is 0 Å². The van der Waals surface area contributed by atoms with Gasteiger partial charge in [-0.15, -0.1) is 0 Å². The van der Waals surface area contributed by atoms with Crippen molar-refractivity contribution in [2.75, 3.05) is 6.54 Å². The van der Waals surface area contributed by atoms with Crippen molar-refractivity contribution in [1.29, 1.82) is 0 Å².